The highest BCUT2D eigenvalue weighted by Crippen LogP contribution is 2.21. The van der Waals surface area contributed by atoms with Gasteiger partial charge in [-0.3, -0.25) is 14.6 Å². The van der Waals surface area contributed by atoms with Crippen LogP contribution in [0.3, 0.4) is 0 Å². The summed E-state index contributed by atoms with van der Waals surface area (Å²) in [4.78, 5) is 35.0. The van der Waals surface area contributed by atoms with Crippen LogP contribution in [0.25, 0.3) is 11.0 Å². The Kier molecular flexibility index (Phi) is 3.85. The molecule has 1 fully saturated rings. The van der Waals surface area contributed by atoms with Crippen molar-refractivity contribution in [1.82, 2.24) is 15.3 Å². The van der Waals surface area contributed by atoms with Gasteiger partial charge >= 0.3 is 0 Å². The van der Waals surface area contributed by atoms with Gasteiger partial charge in [-0.25, -0.2) is 4.98 Å². The lowest BCUT2D eigenvalue weighted by Crippen LogP contribution is -2.37. The molecule has 25 heavy (non-hydrogen) atoms. The van der Waals surface area contributed by atoms with Crippen LogP contribution in [-0.2, 0) is 4.79 Å². The van der Waals surface area contributed by atoms with Crippen LogP contribution in [0, 0.1) is 0 Å². The molecule has 2 heterocycles. The van der Waals surface area contributed by atoms with Gasteiger partial charge in [-0.15, -0.1) is 0 Å². The molecule has 1 saturated heterocycles. The topological polar surface area (TPSA) is 75.2 Å². The standard InChI is InChI=1S/C19H16N4O2/c24-18-10-13(12-23(18)14-6-2-1-3-7-14)21-19(25)17-11-20-15-8-4-5-9-16(15)22-17/h1-9,11,13H,10,12H2,(H,21,25)/t13-/m1/s1. The lowest BCUT2D eigenvalue weighted by molar-refractivity contribution is -0.117. The largest absolute Gasteiger partial charge is 0.346 e. The second-order valence-corrected chi connectivity index (χ2v) is 5.96. The van der Waals surface area contributed by atoms with E-state index in [4.69, 9.17) is 0 Å². The van der Waals surface area contributed by atoms with Crippen LogP contribution < -0.4 is 10.2 Å². The maximum absolute atomic E-state index is 12.5. The van der Waals surface area contributed by atoms with Gasteiger partial charge in [0.1, 0.15) is 5.69 Å². The van der Waals surface area contributed by atoms with E-state index in [0.717, 1.165) is 11.2 Å². The number of rotatable bonds is 3. The van der Waals surface area contributed by atoms with E-state index in [1.165, 1.54) is 6.20 Å². The van der Waals surface area contributed by atoms with Crippen molar-refractivity contribution in [1.29, 1.82) is 0 Å². The number of hydrogen-bond donors (Lipinski definition) is 1. The monoisotopic (exact) mass is 332 g/mol. The van der Waals surface area contributed by atoms with Crippen LogP contribution in [0.2, 0.25) is 0 Å². The zero-order chi connectivity index (χ0) is 17.2. The van der Waals surface area contributed by atoms with E-state index in [0.29, 0.717) is 12.1 Å². The third-order valence-electron chi connectivity index (χ3n) is 4.21. The molecule has 0 radical (unpaired) electrons. The van der Waals surface area contributed by atoms with Crippen molar-refractivity contribution in [2.45, 2.75) is 12.5 Å². The highest BCUT2D eigenvalue weighted by atomic mass is 16.2. The normalized spacial score (nSPS) is 17.0. The smallest absolute Gasteiger partial charge is 0.271 e. The molecule has 3 aromatic rings. The summed E-state index contributed by atoms with van der Waals surface area (Å²) in [5, 5.41) is 2.89. The van der Waals surface area contributed by atoms with Crippen LogP contribution in [0.15, 0.2) is 60.8 Å². The second-order valence-electron chi connectivity index (χ2n) is 5.96. The summed E-state index contributed by atoms with van der Waals surface area (Å²) in [6.45, 7) is 0.454. The molecule has 2 aromatic carbocycles. The maximum Gasteiger partial charge on any atom is 0.271 e. The first-order chi connectivity index (χ1) is 12.2. The van der Waals surface area contributed by atoms with Gasteiger partial charge in [0, 0.05) is 18.7 Å². The highest BCUT2D eigenvalue weighted by Gasteiger charge is 2.31. The zero-order valence-electron chi connectivity index (χ0n) is 13.4. The number of amides is 2. The molecule has 2 amide bonds. The van der Waals surface area contributed by atoms with Crippen molar-refractivity contribution < 1.29 is 9.59 Å². The molecule has 1 N–H and O–H groups in total. The molecule has 1 atom stereocenters. The fourth-order valence-corrected chi connectivity index (χ4v) is 2.99. The summed E-state index contributed by atoms with van der Waals surface area (Å²) in [5.74, 6) is -0.313. The molecular formula is C19H16N4O2. The third kappa shape index (κ3) is 3.06. The van der Waals surface area contributed by atoms with Crippen LogP contribution in [-0.4, -0.2) is 34.4 Å². The predicted molar refractivity (Wildman–Crippen MR) is 94.2 cm³/mol. The zero-order valence-corrected chi connectivity index (χ0v) is 13.4. The Morgan fingerprint density at radius 3 is 2.56 bits per heavy atom. The SMILES string of the molecule is O=C(N[C@@H]1CC(=O)N(c2ccccc2)C1)c1cnc2ccccc2n1. The van der Waals surface area contributed by atoms with Crippen LogP contribution in [0.4, 0.5) is 5.69 Å². The Hall–Kier alpha value is -3.28. The molecule has 0 aliphatic carbocycles. The van der Waals surface area contributed by atoms with Gasteiger partial charge in [0.2, 0.25) is 5.91 Å². The summed E-state index contributed by atoms with van der Waals surface area (Å²) >= 11 is 0. The van der Waals surface area contributed by atoms with Gasteiger partial charge < -0.3 is 10.2 Å². The fourth-order valence-electron chi connectivity index (χ4n) is 2.99. The number of nitrogens with zero attached hydrogens (tertiary/aromatic N) is 3. The van der Waals surface area contributed by atoms with Crippen molar-refractivity contribution in [2.75, 3.05) is 11.4 Å². The minimum Gasteiger partial charge on any atom is -0.346 e. The van der Waals surface area contributed by atoms with Gasteiger partial charge in [0.15, 0.2) is 0 Å². The molecule has 1 aromatic heterocycles. The Morgan fingerprint density at radius 1 is 1.04 bits per heavy atom. The van der Waals surface area contributed by atoms with Crippen LogP contribution in [0.5, 0.6) is 0 Å². The number of carbonyl (C=O) groups is 2. The average Bonchev–Trinajstić information content (AvgIpc) is 3.02. The van der Waals surface area contributed by atoms with E-state index in [1.807, 2.05) is 54.6 Å². The quantitative estimate of drug-likeness (QED) is 0.797. The molecule has 0 unspecified atom stereocenters. The van der Waals surface area contributed by atoms with Gasteiger partial charge in [-0.2, -0.15) is 0 Å². The van der Waals surface area contributed by atoms with Crippen LogP contribution in [0.1, 0.15) is 16.9 Å². The first kappa shape index (κ1) is 15.3. The van der Waals surface area contributed by atoms with Gasteiger partial charge in [0.25, 0.3) is 5.91 Å². The van der Waals surface area contributed by atoms with E-state index in [1.54, 1.807) is 4.90 Å². The van der Waals surface area contributed by atoms with Crippen molar-refractivity contribution in [3.8, 4) is 0 Å². The van der Waals surface area contributed by atoms with E-state index in [-0.39, 0.29) is 30.0 Å². The fraction of sp³-hybridized carbons (Fsp3) is 0.158. The lowest BCUT2D eigenvalue weighted by atomic mass is 10.2. The summed E-state index contributed by atoms with van der Waals surface area (Å²) in [6, 6.07) is 16.6. The van der Waals surface area contributed by atoms with E-state index in [2.05, 4.69) is 15.3 Å². The van der Waals surface area contributed by atoms with Crippen molar-refractivity contribution in [2.24, 2.45) is 0 Å². The van der Waals surface area contributed by atoms with E-state index < -0.39 is 0 Å². The van der Waals surface area contributed by atoms with Crippen molar-refractivity contribution in [3.63, 3.8) is 0 Å². The minimum atomic E-state index is -0.314. The van der Waals surface area contributed by atoms with Gasteiger partial charge in [-0.05, 0) is 24.3 Å². The Bertz CT molecular complexity index is 942. The minimum absolute atomic E-state index is 0.00101. The van der Waals surface area contributed by atoms with E-state index in [9.17, 15) is 9.59 Å². The second kappa shape index (κ2) is 6.32. The highest BCUT2D eigenvalue weighted by molar-refractivity contribution is 5.98. The lowest BCUT2D eigenvalue weighted by Gasteiger charge is -2.17. The van der Waals surface area contributed by atoms with Crippen LogP contribution >= 0.6 is 0 Å². The average molecular weight is 332 g/mol. The molecule has 6 heteroatoms. The first-order valence-corrected chi connectivity index (χ1v) is 8.09. The number of hydrogen-bond acceptors (Lipinski definition) is 4. The molecule has 6 nitrogen and oxygen atoms in total. The molecule has 0 saturated carbocycles. The molecule has 1 aliphatic heterocycles. The Morgan fingerprint density at radius 2 is 1.76 bits per heavy atom. The number of carbonyl (C=O) groups excluding carboxylic acids is 2. The first-order valence-electron chi connectivity index (χ1n) is 8.09. The number of anilines is 1. The molecule has 124 valence electrons. The Balaban J connectivity index is 1.48. The van der Waals surface area contributed by atoms with Gasteiger partial charge in [-0.1, -0.05) is 30.3 Å². The molecule has 1 aliphatic rings. The third-order valence-corrected chi connectivity index (χ3v) is 4.21. The van der Waals surface area contributed by atoms with Crippen molar-refractivity contribution in [3.05, 3.63) is 66.5 Å². The number of para-hydroxylation sites is 3. The summed E-state index contributed by atoms with van der Waals surface area (Å²) in [5.41, 5.74) is 2.51. The number of nitrogens with one attached hydrogen (secondary N) is 1. The van der Waals surface area contributed by atoms with Gasteiger partial charge in [0.05, 0.1) is 23.3 Å². The molecular weight excluding hydrogens is 316 g/mol. The number of benzene rings is 2. The molecule has 4 rings (SSSR count). The molecule has 0 spiro atoms. The predicted octanol–water partition coefficient (Wildman–Crippen LogP) is 2.17. The number of fused-ring (bicyclic) bond motifs is 1. The maximum atomic E-state index is 12.5. The Labute approximate surface area is 144 Å². The molecule has 0 bridgehead atoms. The number of aromatic nitrogens is 2. The van der Waals surface area contributed by atoms with E-state index >= 15 is 0 Å². The summed E-state index contributed by atoms with van der Waals surface area (Å²) in [6.07, 6.45) is 1.74. The summed E-state index contributed by atoms with van der Waals surface area (Å²) in [7, 11) is 0. The summed E-state index contributed by atoms with van der Waals surface area (Å²) < 4.78 is 0. The van der Waals surface area contributed by atoms with Crippen molar-refractivity contribution >= 4 is 28.5 Å².